The molecule has 0 saturated heterocycles. The fourth-order valence-corrected chi connectivity index (χ4v) is 2.27. The molecule has 2 aromatic rings. The molecule has 0 spiro atoms. The van der Waals surface area contributed by atoms with Crippen molar-refractivity contribution in [3.63, 3.8) is 0 Å². The minimum atomic E-state index is -0.160. The normalized spacial score (nSPS) is 12.2. The number of benzene rings is 1. The molecule has 0 radical (unpaired) electrons. The van der Waals surface area contributed by atoms with Gasteiger partial charge in [-0.05, 0) is 58.2 Å². The standard InChI is InChI=1S/C14H15BrN2O/c1-10-2-3-13(12(15)8-10)18-14(9-16)11-4-6-17-7-5-11/h2-8,14H,9,16H2,1H3. The number of pyridine rings is 1. The zero-order chi connectivity index (χ0) is 13.0. The molecule has 1 aromatic heterocycles. The lowest BCUT2D eigenvalue weighted by Crippen LogP contribution is -2.18. The Morgan fingerprint density at radius 2 is 2.00 bits per heavy atom. The van der Waals surface area contributed by atoms with Gasteiger partial charge in [-0.1, -0.05) is 6.07 Å². The highest BCUT2D eigenvalue weighted by Gasteiger charge is 2.12. The van der Waals surface area contributed by atoms with Gasteiger partial charge in [-0.25, -0.2) is 0 Å². The predicted molar refractivity (Wildman–Crippen MR) is 75.5 cm³/mol. The van der Waals surface area contributed by atoms with E-state index >= 15 is 0 Å². The van der Waals surface area contributed by atoms with Crippen molar-refractivity contribution < 1.29 is 4.74 Å². The van der Waals surface area contributed by atoms with Crippen molar-refractivity contribution in [3.8, 4) is 5.75 Å². The third-order valence-electron chi connectivity index (χ3n) is 2.65. The quantitative estimate of drug-likeness (QED) is 0.943. The van der Waals surface area contributed by atoms with Crippen molar-refractivity contribution >= 4 is 15.9 Å². The molecule has 0 aliphatic rings. The van der Waals surface area contributed by atoms with Crippen LogP contribution in [0.1, 0.15) is 17.2 Å². The number of halogens is 1. The molecule has 2 N–H and O–H groups in total. The number of aryl methyl sites for hydroxylation is 1. The second kappa shape index (κ2) is 5.98. The first-order valence-electron chi connectivity index (χ1n) is 5.73. The van der Waals surface area contributed by atoms with Crippen LogP contribution in [0.2, 0.25) is 0 Å². The van der Waals surface area contributed by atoms with Crippen molar-refractivity contribution in [1.82, 2.24) is 4.98 Å². The van der Waals surface area contributed by atoms with Crippen molar-refractivity contribution in [2.24, 2.45) is 5.73 Å². The van der Waals surface area contributed by atoms with Gasteiger partial charge < -0.3 is 10.5 Å². The van der Waals surface area contributed by atoms with E-state index in [4.69, 9.17) is 10.5 Å². The number of aromatic nitrogens is 1. The third-order valence-corrected chi connectivity index (χ3v) is 3.27. The Morgan fingerprint density at radius 3 is 2.61 bits per heavy atom. The monoisotopic (exact) mass is 306 g/mol. The summed E-state index contributed by atoms with van der Waals surface area (Å²) in [6.45, 7) is 2.46. The van der Waals surface area contributed by atoms with Gasteiger partial charge in [0.1, 0.15) is 11.9 Å². The van der Waals surface area contributed by atoms with E-state index in [0.717, 1.165) is 15.8 Å². The topological polar surface area (TPSA) is 48.1 Å². The summed E-state index contributed by atoms with van der Waals surface area (Å²) in [5, 5.41) is 0. The minimum absolute atomic E-state index is 0.160. The van der Waals surface area contributed by atoms with Gasteiger partial charge in [0.2, 0.25) is 0 Å². The molecule has 1 atom stereocenters. The fraction of sp³-hybridized carbons (Fsp3) is 0.214. The lowest BCUT2D eigenvalue weighted by atomic mass is 10.1. The summed E-state index contributed by atoms with van der Waals surface area (Å²) in [5.74, 6) is 0.799. The van der Waals surface area contributed by atoms with Crippen LogP contribution in [0.15, 0.2) is 47.2 Å². The average Bonchev–Trinajstić information content (AvgIpc) is 2.39. The molecule has 0 aliphatic heterocycles. The lowest BCUT2D eigenvalue weighted by Gasteiger charge is -2.18. The highest BCUT2D eigenvalue weighted by molar-refractivity contribution is 9.10. The van der Waals surface area contributed by atoms with Gasteiger partial charge in [-0.3, -0.25) is 4.98 Å². The highest BCUT2D eigenvalue weighted by atomic mass is 79.9. The summed E-state index contributed by atoms with van der Waals surface area (Å²) >= 11 is 3.50. The smallest absolute Gasteiger partial charge is 0.136 e. The van der Waals surface area contributed by atoms with Gasteiger partial charge in [0.25, 0.3) is 0 Å². The van der Waals surface area contributed by atoms with Crippen molar-refractivity contribution in [3.05, 3.63) is 58.3 Å². The Hall–Kier alpha value is -1.39. The molecule has 94 valence electrons. The van der Waals surface area contributed by atoms with E-state index < -0.39 is 0 Å². The number of nitrogens with zero attached hydrogens (tertiary/aromatic N) is 1. The number of rotatable bonds is 4. The van der Waals surface area contributed by atoms with Crippen molar-refractivity contribution in [2.45, 2.75) is 13.0 Å². The van der Waals surface area contributed by atoms with E-state index in [9.17, 15) is 0 Å². The summed E-state index contributed by atoms with van der Waals surface area (Å²) in [5.41, 5.74) is 7.98. The van der Waals surface area contributed by atoms with Gasteiger partial charge in [-0.15, -0.1) is 0 Å². The van der Waals surface area contributed by atoms with Gasteiger partial charge in [-0.2, -0.15) is 0 Å². The van der Waals surface area contributed by atoms with E-state index in [-0.39, 0.29) is 6.10 Å². The molecule has 1 heterocycles. The number of nitrogens with two attached hydrogens (primary N) is 1. The van der Waals surface area contributed by atoms with Crippen LogP contribution in [-0.4, -0.2) is 11.5 Å². The van der Waals surface area contributed by atoms with Crippen LogP contribution < -0.4 is 10.5 Å². The first-order chi connectivity index (χ1) is 8.70. The molecule has 0 bridgehead atoms. The zero-order valence-electron chi connectivity index (χ0n) is 10.1. The fourth-order valence-electron chi connectivity index (χ4n) is 1.69. The molecule has 0 saturated carbocycles. The van der Waals surface area contributed by atoms with Gasteiger partial charge in [0, 0.05) is 18.9 Å². The van der Waals surface area contributed by atoms with Crippen LogP contribution in [0.3, 0.4) is 0 Å². The molecule has 1 aromatic carbocycles. The number of hydrogen-bond donors (Lipinski definition) is 1. The van der Waals surface area contributed by atoms with Crippen LogP contribution in [0.4, 0.5) is 0 Å². The second-order valence-electron chi connectivity index (χ2n) is 4.06. The maximum absolute atomic E-state index is 5.94. The lowest BCUT2D eigenvalue weighted by molar-refractivity contribution is 0.212. The van der Waals surface area contributed by atoms with Gasteiger partial charge in [0.15, 0.2) is 0 Å². The predicted octanol–water partition coefficient (Wildman–Crippen LogP) is 3.23. The molecule has 18 heavy (non-hydrogen) atoms. The molecule has 0 aliphatic carbocycles. The second-order valence-corrected chi connectivity index (χ2v) is 4.91. The van der Waals surface area contributed by atoms with E-state index in [1.807, 2.05) is 37.3 Å². The van der Waals surface area contributed by atoms with Crippen LogP contribution in [0.25, 0.3) is 0 Å². The SMILES string of the molecule is Cc1ccc(OC(CN)c2ccncc2)c(Br)c1. The van der Waals surface area contributed by atoms with Crippen LogP contribution in [0.5, 0.6) is 5.75 Å². The first kappa shape index (κ1) is 13.1. The average molecular weight is 307 g/mol. The zero-order valence-corrected chi connectivity index (χ0v) is 11.7. The number of hydrogen-bond acceptors (Lipinski definition) is 3. The van der Waals surface area contributed by atoms with E-state index in [1.165, 1.54) is 5.56 Å². The Kier molecular flexibility index (Phi) is 4.33. The first-order valence-corrected chi connectivity index (χ1v) is 6.53. The van der Waals surface area contributed by atoms with Crippen molar-refractivity contribution in [2.75, 3.05) is 6.54 Å². The van der Waals surface area contributed by atoms with Crippen LogP contribution in [-0.2, 0) is 0 Å². The number of ether oxygens (including phenoxy) is 1. The Morgan fingerprint density at radius 1 is 1.28 bits per heavy atom. The third kappa shape index (κ3) is 3.09. The molecule has 0 fully saturated rings. The summed E-state index contributed by atoms with van der Waals surface area (Å²) in [6, 6.07) is 9.82. The summed E-state index contributed by atoms with van der Waals surface area (Å²) in [6.07, 6.45) is 3.32. The summed E-state index contributed by atoms with van der Waals surface area (Å²) < 4.78 is 6.88. The minimum Gasteiger partial charge on any atom is -0.483 e. The maximum Gasteiger partial charge on any atom is 0.136 e. The molecular weight excluding hydrogens is 292 g/mol. The largest absolute Gasteiger partial charge is 0.483 e. The van der Waals surface area contributed by atoms with E-state index in [0.29, 0.717) is 6.54 Å². The Labute approximate surface area is 115 Å². The van der Waals surface area contributed by atoms with Crippen molar-refractivity contribution in [1.29, 1.82) is 0 Å². The molecular formula is C14H15BrN2O. The Bertz CT molecular complexity index is 516. The maximum atomic E-state index is 5.94. The summed E-state index contributed by atoms with van der Waals surface area (Å²) in [4.78, 5) is 3.99. The summed E-state index contributed by atoms with van der Waals surface area (Å²) in [7, 11) is 0. The molecule has 3 nitrogen and oxygen atoms in total. The van der Waals surface area contributed by atoms with E-state index in [2.05, 4.69) is 20.9 Å². The van der Waals surface area contributed by atoms with Gasteiger partial charge in [0.05, 0.1) is 4.47 Å². The molecule has 0 amide bonds. The highest BCUT2D eigenvalue weighted by Crippen LogP contribution is 2.29. The van der Waals surface area contributed by atoms with Crippen LogP contribution in [0, 0.1) is 6.92 Å². The molecule has 2 rings (SSSR count). The van der Waals surface area contributed by atoms with E-state index in [1.54, 1.807) is 12.4 Å². The molecule has 1 unspecified atom stereocenters. The van der Waals surface area contributed by atoms with Crippen LogP contribution >= 0.6 is 15.9 Å². The Balaban J connectivity index is 2.21. The van der Waals surface area contributed by atoms with Gasteiger partial charge >= 0.3 is 0 Å². The molecule has 4 heteroatoms.